The molecule has 1 saturated carbocycles. The number of amides is 1. The molecular formula is C15H22N2O2. The summed E-state index contributed by atoms with van der Waals surface area (Å²) in [5.74, 6) is 1.04. The van der Waals surface area contributed by atoms with Crippen molar-refractivity contribution in [2.45, 2.75) is 38.1 Å². The lowest BCUT2D eigenvalue weighted by Gasteiger charge is -2.12. The Bertz CT molecular complexity index is 413. The molecule has 4 N–H and O–H groups in total. The lowest BCUT2D eigenvalue weighted by molar-refractivity contribution is -0.122. The molecule has 1 fully saturated rings. The lowest BCUT2D eigenvalue weighted by atomic mass is 10.1. The molecule has 0 heterocycles. The van der Waals surface area contributed by atoms with E-state index in [9.17, 15) is 9.90 Å². The molecular weight excluding hydrogens is 240 g/mol. The largest absolute Gasteiger partial charge is 0.508 e. The first-order valence-corrected chi connectivity index (χ1v) is 6.96. The van der Waals surface area contributed by atoms with Crippen LogP contribution in [0.15, 0.2) is 24.3 Å². The minimum absolute atomic E-state index is 0.0936. The highest BCUT2D eigenvalue weighted by molar-refractivity contribution is 5.81. The fourth-order valence-electron chi connectivity index (χ4n) is 2.12. The lowest BCUT2D eigenvalue weighted by Crippen LogP contribution is -2.42. The van der Waals surface area contributed by atoms with Crippen molar-refractivity contribution in [1.82, 2.24) is 5.32 Å². The minimum Gasteiger partial charge on any atom is -0.508 e. The maximum absolute atomic E-state index is 11.8. The molecule has 0 aromatic heterocycles. The molecule has 4 nitrogen and oxygen atoms in total. The van der Waals surface area contributed by atoms with Crippen molar-refractivity contribution in [2.75, 3.05) is 6.54 Å². The summed E-state index contributed by atoms with van der Waals surface area (Å²) in [5, 5.41) is 12.1. The van der Waals surface area contributed by atoms with E-state index < -0.39 is 6.04 Å². The van der Waals surface area contributed by atoms with E-state index in [4.69, 9.17) is 5.73 Å². The van der Waals surface area contributed by atoms with Gasteiger partial charge in [0.2, 0.25) is 5.91 Å². The van der Waals surface area contributed by atoms with Crippen LogP contribution in [0, 0.1) is 5.92 Å². The van der Waals surface area contributed by atoms with E-state index in [-0.39, 0.29) is 11.7 Å². The Morgan fingerprint density at radius 1 is 1.37 bits per heavy atom. The zero-order valence-electron chi connectivity index (χ0n) is 11.1. The monoisotopic (exact) mass is 262 g/mol. The van der Waals surface area contributed by atoms with Gasteiger partial charge in [-0.25, -0.2) is 0 Å². The van der Waals surface area contributed by atoms with Gasteiger partial charge in [-0.2, -0.15) is 0 Å². The van der Waals surface area contributed by atoms with Crippen LogP contribution in [0.25, 0.3) is 0 Å². The van der Waals surface area contributed by atoms with Gasteiger partial charge in [-0.3, -0.25) is 4.79 Å². The summed E-state index contributed by atoms with van der Waals surface area (Å²) in [5.41, 5.74) is 6.82. The number of nitrogens with one attached hydrogen (secondary N) is 1. The molecule has 0 unspecified atom stereocenters. The molecule has 0 spiro atoms. The van der Waals surface area contributed by atoms with Crippen molar-refractivity contribution in [3.63, 3.8) is 0 Å². The van der Waals surface area contributed by atoms with Crippen LogP contribution in [-0.4, -0.2) is 23.6 Å². The third-order valence-electron chi connectivity index (χ3n) is 3.51. The van der Waals surface area contributed by atoms with Gasteiger partial charge in [0.05, 0.1) is 6.04 Å². The zero-order valence-corrected chi connectivity index (χ0v) is 11.1. The van der Waals surface area contributed by atoms with Crippen molar-refractivity contribution in [3.8, 4) is 5.75 Å². The summed E-state index contributed by atoms with van der Waals surface area (Å²) in [6.07, 6.45) is 5.47. The van der Waals surface area contributed by atoms with Crippen molar-refractivity contribution in [1.29, 1.82) is 0 Å². The summed E-state index contributed by atoms with van der Waals surface area (Å²) in [6, 6.07) is 6.27. The Morgan fingerprint density at radius 2 is 2.05 bits per heavy atom. The molecule has 1 aliphatic rings. The molecule has 1 aliphatic carbocycles. The number of carbonyl (C=O) groups excluding carboxylic acids is 1. The number of phenols is 1. The number of hydrogen-bond donors (Lipinski definition) is 3. The average molecular weight is 262 g/mol. The molecule has 1 aromatic carbocycles. The van der Waals surface area contributed by atoms with Crippen LogP contribution in [0.3, 0.4) is 0 Å². The smallest absolute Gasteiger partial charge is 0.237 e. The maximum atomic E-state index is 11.8. The predicted molar refractivity (Wildman–Crippen MR) is 74.8 cm³/mol. The Kier molecular flexibility index (Phi) is 4.80. The molecule has 1 aromatic rings. The SMILES string of the molecule is N[C@@H](Cc1ccc(O)cc1)C(=O)NCCCC1CC1. The van der Waals surface area contributed by atoms with Gasteiger partial charge in [0.15, 0.2) is 0 Å². The van der Waals surface area contributed by atoms with Gasteiger partial charge in [0.25, 0.3) is 0 Å². The average Bonchev–Trinajstić information content (AvgIpc) is 3.21. The van der Waals surface area contributed by atoms with Crippen LogP contribution in [-0.2, 0) is 11.2 Å². The maximum Gasteiger partial charge on any atom is 0.237 e. The van der Waals surface area contributed by atoms with Crippen molar-refractivity contribution >= 4 is 5.91 Å². The van der Waals surface area contributed by atoms with Gasteiger partial charge in [0, 0.05) is 6.54 Å². The van der Waals surface area contributed by atoms with Crippen LogP contribution in [0.2, 0.25) is 0 Å². The van der Waals surface area contributed by atoms with E-state index in [2.05, 4.69) is 5.32 Å². The van der Waals surface area contributed by atoms with Crippen molar-refractivity contribution in [3.05, 3.63) is 29.8 Å². The molecule has 0 saturated heterocycles. The molecule has 2 rings (SSSR count). The van der Waals surface area contributed by atoms with E-state index in [1.165, 1.54) is 19.3 Å². The van der Waals surface area contributed by atoms with E-state index in [0.29, 0.717) is 6.42 Å². The van der Waals surface area contributed by atoms with E-state index >= 15 is 0 Å². The van der Waals surface area contributed by atoms with Crippen LogP contribution < -0.4 is 11.1 Å². The van der Waals surface area contributed by atoms with Gasteiger partial charge in [0.1, 0.15) is 5.75 Å². The summed E-state index contributed by atoms with van der Waals surface area (Å²) in [4.78, 5) is 11.8. The van der Waals surface area contributed by atoms with Gasteiger partial charge in [-0.1, -0.05) is 25.0 Å². The number of benzene rings is 1. The number of rotatable bonds is 7. The van der Waals surface area contributed by atoms with E-state index in [1.54, 1.807) is 24.3 Å². The zero-order chi connectivity index (χ0) is 13.7. The van der Waals surface area contributed by atoms with Gasteiger partial charge >= 0.3 is 0 Å². The number of carbonyl (C=O) groups is 1. The Labute approximate surface area is 114 Å². The summed E-state index contributed by atoms with van der Waals surface area (Å²) >= 11 is 0. The van der Waals surface area contributed by atoms with Crippen LogP contribution >= 0.6 is 0 Å². The highest BCUT2D eigenvalue weighted by Crippen LogP contribution is 2.33. The Hall–Kier alpha value is -1.55. The number of aromatic hydroxyl groups is 1. The normalized spacial score (nSPS) is 16.1. The standard InChI is InChI=1S/C15H22N2O2/c16-14(10-12-5-7-13(18)8-6-12)15(19)17-9-1-2-11-3-4-11/h5-8,11,14,18H,1-4,9-10,16H2,(H,17,19)/t14-/m0/s1. The number of hydrogen-bond acceptors (Lipinski definition) is 3. The predicted octanol–water partition coefficient (Wildman–Crippen LogP) is 1.57. The number of nitrogens with two attached hydrogens (primary N) is 1. The first kappa shape index (κ1) is 13.9. The molecule has 4 heteroatoms. The van der Waals surface area contributed by atoms with Crippen molar-refractivity contribution in [2.24, 2.45) is 11.7 Å². The highest BCUT2D eigenvalue weighted by Gasteiger charge is 2.20. The molecule has 0 radical (unpaired) electrons. The summed E-state index contributed by atoms with van der Waals surface area (Å²) in [6.45, 7) is 0.721. The summed E-state index contributed by atoms with van der Waals surface area (Å²) in [7, 11) is 0. The molecule has 19 heavy (non-hydrogen) atoms. The molecule has 1 amide bonds. The van der Waals surface area contributed by atoms with E-state index in [0.717, 1.165) is 24.4 Å². The third kappa shape index (κ3) is 4.91. The Morgan fingerprint density at radius 3 is 2.68 bits per heavy atom. The van der Waals surface area contributed by atoms with Crippen LogP contribution in [0.4, 0.5) is 0 Å². The fraction of sp³-hybridized carbons (Fsp3) is 0.533. The number of phenolic OH excluding ortho intramolecular Hbond substituents is 1. The molecule has 0 bridgehead atoms. The second-order valence-corrected chi connectivity index (χ2v) is 5.35. The van der Waals surface area contributed by atoms with Gasteiger partial charge in [-0.15, -0.1) is 0 Å². The van der Waals surface area contributed by atoms with Crippen molar-refractivity contribution < 1.29 is 9.90 Å². The van der Waals surface area contributed by atoms with Gasteiger partial charge in [-0.05, 0) is 42.9 Å². The first-order valence-electron chi connectivity index (χ1n) is 6.96. The second kappa shape index (κ2) is 6.57. The second-order valence-electron chi connectivity index (χ2n) is 5.35. The topological polar surface area (TPSA) is 75.3 Å². The van der Waals surface area contributed by atoms with Crippen LogP contribution in [0.1, 0.15) is 31.2 Å². The van der Waals surface area contributed by atoms with E-state index in [1.807, 2.05) is 0 Å². The molecule has 0 aliphatic heterocycles. The first-order chi connectivity index (χ1) is 9.15. The highest BCUT2D eigenvalue weighted by atomic mass is 16.3. The molecule has 104 valence electrons. The summed E-state index contributed by atoms with van der Waals surface area (Å²) < 4.78 is 0. The van der Waals surface area contributed by atoms with Crippen LogP contribution in [0.5, 0.6) is 5.75 Å². The quantitative estimate of drug-likeness (QED) is 0.653. The fourth-order valence-corrected chi connectivity index (χ4v) is 2.12. The third-order valence-corrected chi connectivity index (χ3v) is 3.51. The Balaban J connectivity index is 1.67. The minimum atomic E-state index is -0.523. The molecule has 1 atom stereocenters. The van der Waals surface area contributed by atoms with Gasteiger partial charge < -0.3 is 16.2 Å².